The molecule has 0 fully saturated rings. The van der Waals surface area contributed by atoms with Gasteiger partial charge in [0.15, 0.2) is 5.69 Å². The Hall–Kier alpha value is -2.09. The highest BCUT2D eigenvalue weighted by Crippen LogP contribution is 2.16. The molecule has 0 aromatic carbocycles. The van der Waals surface area contributed by atoms with Gasteiger partial charge in [-0.15, -0.1) is 11.8 Å². The van der Waals surface area contributed by atoms with E-state index in [1.165, 1.54) is 6.20 Å². The summed E-state index contributed by atoms with van der Waals surface area (Å²) >= 11 is 0. The lowest BCUT2D eigenvalue weighted by atomic mass is 10.2. The van der Waals surface area contributed by atoms with Crippen molar-refractivity contribution in [2.24, 2.45) is 0 Å². The van der Waals surface area contributed by atoms with E-state index in [0.29, 0.717) is 24.5 Å². The van der Waals surface area contributed by atoms with E-state index in [2.05, 4.69) is 27.1 Å². The number of carboxylic acid groups (broad SMARTS) is 1. The van der Waals surface area contributed by atoms with Crippen LogP contribution in [-0.2, 0) is 0 Å². The van der Waals surface area contributed by atoms with Crippen molar-refractivity contribution in [2.75, 3.05) is 11.9 Å². The van der Waals surface area contributed by atoms with E-state index in [1.807, 2.05) is 13.8 Å². The summed E-state index contributed by atoms with van der Waals surface area (Å²) in [5.74, 6) is 5.26. The van der Waals surface area contributed by atoms with Crippen LogP contribution in [0.5, 0.6) is 0 Å². The van der Waals surface area contributed by atoms with Crippen LogP contribution in [0.4, 0.5) is 5.69 Å². The number of carbonyl (C=O) groups is 1. The van der Waals surface area contributed by atoms with Crippen molar-refractivity contribution >= 4 is 11.7 Å². The van der Waals surface area contributed by atoms with Crippen LogP contribution in [0.25, 0.3) is 0 Å². The van der Waals surface area contributed by atoms with Gasteiger partial charge in [0, 0.05) is 18.9 Å². The first-order valence-electron chi connectivity index (χ1n) is 5.80. The third kappa shape index (κ3) is 3.74. The molecule has 1 aromatic heterocycles. The number of anilines is 1. The Kier molecular flexibility index (Phi) is 5.12. The summed E-state index contributed by atoms with van der Waals surface area (Å²) in [6, 6.07) is 0. The van der Waals surface area contributed by atoms with E-state index in [4.69, 9.17) is 5.11 Å². The van der Waals surface area contributed by atoms with Crippen molar-refractivity contribution in [3.05, 3.63) is 17.7 Å². The summed E-state index contributed by atoms with van der Waals surface area (Å²) in [5.41, 5.74) is 0.447. The molecule has 0 amide bonds. The van der Waals surface area contributed by atoms with Crippen LogP contribution in [-0.4, -0.2) is 27.6 Å². The minimum atomic E-state index is -1.05. The maximum absolute atomic E-state index is 11.1. The highest BCUT2D eigenvalue weighted by molar-refractivity contribution is 5.91. The van der Waals surface area contributed by atoms with Crippen molar-refractivity contribution in [2.45, 2.75) is 33.1 Å². The molecule has 1 rings (SSSR count). The third-order valence-corrected chi connectivity index (χ3v) is 2.27. The second-order valence-electron chi connectivity index (χ2n) is 4.05. The number of hydrogen-bond donors (Lipinski definition) is 2. The zero-order valence-electron chi connectivity index (χ0n) is 10.8. The van der Waals surface area contributed by atoms with Crippen LogP contribution >= 0.6 is 0 Å². The fourth-order valence-electron chi connectivity index (χ4n) is 1.35. The SMILES string of the molecule is CC#CCCNc1cnc(C(C)C)nc1C(=O)O. The van der Waals surface area contributed by atoms with Gasteiger partial charge < -0.3 is 10.4 Å². The minimum absolute atomic E-state index is 0.0122. The van der Waals surface area contributed by atoms with E-state index in [-0.39, 0.29) is 11.6 Å². The smallest absolute Gasteiger partial charge is 0.356 e. The molecule has 0 radical (unpaired) electrons. The Bertz CT molecular complexity index is 487. The molecular formula is C13H17N3O2. The molecule has 0 aliphatic carbocycles. The largest absolute Gasteiger partial charge is 0.476 e. The monoisotopic (exact) mass is 247 g/mol. The van der Waals surface area contributed by atoms with Gasteiger partial charge in [-0.05, 0) is 6.92 Å². The van der Waals surface area contributed by atoms with Crippen molar-refractivity contribution in [1.29, 1.82) is 0 Å². The first-order valence-corrected chi connectivity index (χ1v) is 5.80. The molecule has 96 valence electrons. The number of aromatic nitrogens is 2. The summed E-state index contributed by atoms with van der Waals surface area (Å²) in [5, 5.41) is 12.1. The molecule has 1 aromatic rings. The predicted molar refractivity (Wildman–Crippen MR) is 69.6 cm³/mol. The van der Waals surface area contributed by atoms with Crippen LogP contribution in [0, 0.1) is 11.8 Å². The van der Waals surface area contributed by atoms with Gasteiger partial charge in [0.05, 0.1) is 11.9 Å². The van der Waals surface area contributed by atoms with Gasteiger partial charge in [-0.1, -0.05) is 13.8 Å². The lowest BCUT2D eigenvalue weighted by Crippen LogP contribution is -2.12. The molecule has 1 heterocycles. The first-order chi connectivity index (χ1) is 8.56. The van der Waals surface area contributed by atoms with E-state index in [9.17, 15) is 4.79 Å². The number of aromatic carboxylic acids is 1. The van der Waals surface area contributed by atoms with Crippen LogP contribution in [0.1, 0.15) is 49.4 Å². The number of rotatable bonds is 5. The van der Waals surface area contributed by atoms with Gasteiger partial charge in [0.25, 0.3) is 0 Å². The standard InChI is InChI=1S/C13H17N3O2/c1-4-5-6-7-14-10-8-15-12(9(2)3)16-11(10)13(17)18/h8-9,14H,6-7H2,1-3H3,(H,17,18). The van der Waals surface area contributed by atoms with Crippen molar-refractivity contribution in [3.63, 3.8) is 0 Å². The quantitative estimate of drug-likeness (QED) is 0.615. The topological polar surface area (TPSA) is 75.1 Å². The average Bonchev–Trinajstić information content (AvgIpc) is 2.34. The molecular weight excluding hydrogens is 230 g/mol. The zero-order valence-corrected chi connectivity index (χ0v) is 10.8. The molecule has 0 spiro atoms. The minimum Gasteiger partial charge on any atom is -0.476 e. The van der Waals surface area contributed by atoms with Crippen molar-refractivity contribution in [1.82, 2.24) is 9.97 Å². The molecule has 18 heavy (non-hydrogen) atoms. The van der Waals surface area contributed by atoms with E-state index in [1.54, 1.807) is 6.92 Å². The van der Waals surface area contributed by atoms with Gasteiger partial charge in [-0.3, -0.25) is 0 Å². The molecule has 0 saturated carbocycles. The first kappa shape index (κ1) is 14.0. The third-order valence-electron chi connectivity index (χ3n) is 2.27. The normalized spacial score (nSPS) is 9.78. The Labute approximate surface area is 107 Å². The highest BCUT2D eigenvalue weighted by atomic mass is 16.4. The number of hydrogen-bond acceptors (Lipinski definition) is 4. The summed E-state index contributed by atoms with van der Waals surface area (Å²) in [6.45, 7) is 6.19. The number of nitrogens with one attached hydrogen (secondary N) is 1. The summed E-state index contributed by atoms with van der Waals surface area (Å²) < 4.78 is 0. The van der Waals surface area contributed by atoms with Crippen molar-refractivity contribution < 1.29 is 9.90 Å². The molecule has 5 heteroatoms. The lowest BCUT2D eigenvalue weighted by molar-refractivity contribution is 0.0691. The molecule has 0 aliphatic rings. The van der Waals surface area contributed by atoms with Gasteiger partial charge in [0.2, 0.25) is 0 Å². The second-order valence-corrected chi connectivity index (χ2v) is 4.05. The van der Waals surface area contributed by atoms with E-state index >= 15 is 0 Å². The summed E-state index contributed by atoms with van der Waals surface area (Å²) in [7, 11) is 0. The number of nitrogens with zero attached hydrogens (tertiary/aromatic N) is 2. The molecule has 0 aliphatic heterocycles. The maximum Gasteiger partial charge on any atom is 0.356 e. The predicted octanol–water partition coefficient (Wildman–Crippen LogP) is 2.12. The Morgan fingerprint density at radius 2 is 2.28 bits per heavy atom. The van der Waals surface area contributed by atoms with Gasteiger partial charge >= 0.3 is 5.97 Å². The van der Waals surface area contributed by atoms with Crippen LogP contribution in [0.3, 0.4) is 0 Å². The van der Waals surface area contributed by atoms with Crippen LogP contribution in [0.2, 0.25) is 0 Å². The zero-order chi connectivity index (χ0) is 13.5. The van der Waals surface area contributed by atoms with Gasteiger partial charge in [-0.25, -0.2) is 14.8 Å². The van der Waals surface area contributed by atoms with Gasteiger partial charge in [-0.2, -0.15) is 0 Å². The van der Waals surface area contributed by atoms with Gasteiger partial charge in [0.1, 0.15) is 5.82 Å². The fraction of sp³-hybridized carbons (Fsp3) is 0.462. The van der Waals surface area contributed by atoms with Crippen LogP contribution < -0.4 is 5.32 Å². The van der Waals surface area contributed by atoms with Crippen molar-refractivity contribution in [3.8, 4) is 11.8 Å². The number of carboxylic acids is 1. The lowest BCUT2D eigenvalue weighted by Gasteiger charge is -2.10. The second kappa shape index (κ2) is 6.60. The van der Waals surface area contributed by atoms with E-state index < -0.39 is 5.97 Å². The summed E-state index contributed by atoms with van der Waals surface area (Å²) in [4.78, 5) is 19.3. The Morgan fingerprint density at radius 3 is 2.83 bits per heavy atom. The molecule has 0 saturated heterocycles. The highest BCUT2D eigenvalue weighted by Gasteiger charge is 2.15. The fourth-order valence-corrected chi connectivity index (χ4v) is 1.35. The van der Waals surface area contributed by atoms with Crippen LogP contribution in [0.15, 0.2) is 6.20 Å². The average molecular weight is 247 g/mol. The Balaban J connectivity index is 2.89. The molecule has 0 unspecified atom stereocenters. The molecule has 0 atom stereocenters. The maximum atomic E-state index is 11.1. The summed E-state index contributed by atoms with van der Waals surface area (Å²) in [6.07, 6.45) is 2.17. The molecule has 5 nitrogen and oxygen atoms in total. The Morgan fingerprint density at radius 1 is 1.56 bits per heavy atom. The van der Waals surface area contributed by atoms with E-state index in [0.717, 1.165) is 0 Å². The molecule has 0 bridgehead atoms. The molecule has 2 N–H and O–H groups in total.